The second-order valence-electron chi connectivity index (χ2n) is 7.01. The maximum Gasteiger partial charge on any atom is 0.251 e. The number of ether oxygens (including phenoxy) is 1. The van der Waals surface area contributed by atoms with Crippen molar-refractivity contribution in [2.75, 3.05) is 31.2 Å². The van der Waals surface area contributed by atoms with Crippen LogP contribution in [0.25, 0.3) is 28.3 Å². The topological polar surface area (TPSA) is 69.2 Å². The minimum atomic E-state index is 0.202. The summed E-state index contributed by atoms with van der Waals surface area (Å²) in [6.45, 7) is 5.00. The summed E-state index contributed by atoms with van der Waals surface area (Å²) in [6, 6.07) is 12.3. The van der Waals surface area contributed by atoms with E-state index in [1.54, 1.807) is 4.68 Å². The number of anilines is 1. The van der Waals surface area contributed by atoms with Crippen LogP contribution in [-0.4, -0.2) is 46.1 Å². The van der Waals surface area contributed by atoms with Gasteiger partial charge in [-0.05, 0) is 19.1 Å². The van der Waals surface area contributed by atoms with E-state index in [-0.39, 0.29) is 5.88 Å². The molecule has 0 amide bonds. The highest BCUT2D eigenvalue weighted by Crippen LogP contribution is 2.30. The number of morpholine rings is 1. The predicted molar refractivity (Wildman–Crippen MR) is 112 cm³/mol. The van der Waals surface area contributed by atoms with Gasteiger partial charge in [-0.2, -0.15) is 10.1 Å². The molecule has 29 heavy (non-hydrogen) atoms. The van der Waals surface area contributed by atoms with Gasteiger partial charge in [0.1, 0.15) is 0 Å². The number of hydrogen-bond donors (Lipinski definition) is 0. The SMILES string of the molecule is Cc1cccc(-c2ccn(-c3cc(N4CCOCC4)c4nc(CCl)oc4n3)n2)c1. The summed E-state index contributed by atoms with van der Waals surface area (Å²) in [4.78, 5) is 11.4. The fourth-order valence-electron chi connectivity index (χ4n) is 3.55. The number of alkyl halides is 1. The fraction of sp³-hybridized carbons (Fsp3) is 0.286. The minimum absolute atomic E-state index is 0.202. The summed E-state index contributed by atoms with van der Waals surface area (Å²) < 4.78 is 13.0. The summed E-state index contributed by atoms with van der Waals surface area (Å²) in [5, 5.41) is 4.73. The van der Waals surface area contributed by atoms with E-state index in [4.69, 9.17) is 25.9 Å². The standard InChI is InChI=1S/C21H20ClN5O2/c1-14-3-2-4-15(11-14)16-5-6-27(25-16)18-12-17(26-7-9-28-10-8-26)20-21(23-18)29-19(13-22)24-20/h2-6,11-12H,7-10,13H2,1H3. The molecule has 0 aliphatic carbocycles. The Morgan fingerprint density at radius 2 is 1.97 bits per heavy atom. The van der Waals surface area contributed by atoms with Crippen molar-refractivity contribution in [3.63, 3.8) is 0 Å². The van der Waals surface area contributed by atoms with Crippen LogP contribution in [0.2, 0.25) is 0 Å². The molecule has 0 atom stereocenters. The third kappa shape index (κ3) is 3.47. The molecular weight excluding hydrogens is 390 g/mol. The van der Waals surface area contributed by atoms with E-state index in [1.807, 2.05) is 24.4 Å². The second-order valence-corrected chi connectivity index (χ2v) is 7.28. The van der Waals surface area contributed by atoms with Gasteiger partial charge in [0.15, 0.2) is 11.3 Å². The molecule has 1 aromatic carbocycles. The first-order valence-corrected chi connectivity index (χ1v) is 10.1. The first-order valence-electron chi connectivity index (χ1n) is 9.53. The van der Waals surface area contributed by atoms with Crippen LogP contribution in [-0.2, 0) is 10.6 Å². The highest BCUT2D eigenvalue weighted by Gasteiger charge is 2.21. The van der Waals surface area contributed by atoms with Crippen LogP contribution >= 0.6 is 11.6 Å². The third-order valence-electron chi connectivity index (χ3n) is 4.98. The lowest BCUT2D eigenvalue weighted by molar-refractivity contribution is 0.123. The Bertz CT molecular complexity index is 1160. The number of benzene rings is 1. The van der Waals surface area contributed by atoms with Crippen molar-refractivity contribution in [2.24, 2.45) is 0 Å². The monoisotopic (exact) mass is 409 g/mol. The molecule has 7 nitrogen and oxygen atoms in total. The lowest BCUT2D eigenvalue weighted by Gasteiger charge is -2.28. The number of oxazole rings is 1. The molecule has 1 fully saturated rings. The zero-order chi connectivity index (χ0) is 19.8. The number of halogens is 1. The highest BCUT2D eigenvalue weighted by atomic mass is 35.5. The highest BCUT2D eigenvalue weighted by molar-refractivity contribution is 6.16. The Balaban J connectivity index is 1.60. The second kappa shape index (κ2) is 7.50. The van der Waals surface area contributed by atoms with E-state index in [0.29, 0.717) is 30.6 Å². The van der Waals surface area contributed by atoms with Gasteiger partial charge in [0.25, 0.3) is 5.71 Å². The summed E-state index contributed by atoms with van der Waals surface area (Å²) in [7, 11) is 0. The van der Waals surface area contributed by atoms with E-state index in [9.17, 15) is 0 Å². The Kier molecular flexibility index (Phi) is 4.69. The maximum atomic E-state index is 5.94. The number of aromatic nitrogens is 4. The quantitative estimate of drug-likeness (QED) is 0.475. The molecule has 0 bridgehead atoms. The van der Waals surface area contributed by atoms with Gasteiger partial charge in [-0.3, -0.25) is 0 Å². The van der Waals surface area contributed by atoms with Gasteiger partial charge in [-0.15, -0.1) is 11.6 Å². The normalized spacial score (nSPS) is 14.6. The molecule has 4 heterocycles. The van der Waals surface area contributed by atoms with E-state index in [1.165, 1.54) is 5.56 Å². The zero-order valence-corrected chi connectivity index (χ0v) is 16.8. The van der Waals surface area contributed by atoms with Crippen molar-refractivity contribution in [1.29, 1.82) is 0 Å². The van der Waals surface area contributed by atoms with E-state index < -0.39 is 0 Å². The number of hydrogen-bond acceptors (Lipinski definition) is 6. The number of aryl methyl sites for hydroxylation is 1. The Morgan fingerprint density at radius 3 is 2.76 bits per heavy atom. The number of pyridine rings is 1. The van der Waals surface area contributed by atoms with Crippen LogP contribution in [0.1, 0.15) is 11.5 Å². The van der Waals surface area contributed by atoms with Gasteiger partial charge in [0, 0.05) is 30.9 Å². The van der Waals surface area contributed by atoms with Crippen molar-refractivity contribution < 1.29 is 9.15 Å². The number of nitrogens with zero attached hydrogens (tertiary/aromatic N) is 5. The van der Waals surface area contributed by atoms with Gasteiger partial charge >= 0.3 is 0 Å². The third-order valence-corrected chi connectivity index (χ3v) is 5.21. The lowest BCUT2D eigenvalue weighted by atomic mass is 10.1. The molecule has 1 aliphatic rings. The molecule has 0 N–H and O–H groups in total. The molecule has 0 radical (unpaired) electrons. The molecule has 5 rings (SSSR count). The van der Waals surface area contributed by atoms with Gasteiger partial charge in [0.05, 0.1) is 30.5 Å². The van der Waals surface area contributed by atoms with Gasteiger partial charge in [0.2, 0.25) is 5.89 Å². The predicted octanol–water partition coefficient (Wildman–Crippen LogP) is 3.96. The van der Waals surface area contributed by atoms with Gasteiger partial charge in [-0.1, -0.05) is 23.8 Å². The number of fused-ring (bicyclic) bond motifs is 1. The summed E-state index contributed by atoms with van der Waals surface area (Å²) in [5.41, 5.74) is 5.30. The van der Waals surface area contributed by atoms with Crippen LogP contribution in [0.3, 0.4) is 0 Å². The van der Waals surface area contributed by atoms with Crippen LogP contribution in [0.5, 0.6) is 0 Å². The van der Waals surface area contributed by atoms with Crippen molar-refractivity contribution >= 4 is 28.5 Å². The van der Waals surface area contributed by atoms with Gasteiger partial charge in [-0.25, -0.2) is 9.67 Å². The molecule has 4 aromatic rings. The van der Waals surface area contributed by atoms with Crippen molar-refractivity contribution in [3.05, 3.63) is 54.0 Å². The molecule has 0 unspecified atom stereocenters. The Labute approximate surface area is 172 Å². The smallest absolute Gasteiger partial charge is 0.251 e. The fourth-order valence-corrected chi connectivity index (χ4v) is 3.67. The van der Waals surface area contributed by atoms with Crippen molar-refractivity contribution in [1.82, 2.24) is 19.7 Å². The first kappa shape index (κ1) is 18.1. The molecule has 1 aliphatic heterocycles. The first-order chi connectivity index (χ1) is 14.2. The summed E-state index contributed by atoms with van der Waals surface area (Å²) in [5.74, 6) is 1.34. The largest absolute Gasteiger partial charge is 0.421 e. The molecular formula is C21H20ClN5O2. The summed E-state index contributed by atoms with van der Waals surface area (Å²) in [6.07, 6.45) is 1.91. The van der Waals surface area contributed by atoms with Crippen molar-refractivity contribution in [3.8, 4) is 17.1 Å². The average molecular weight is 410 g/mol. The Hall–Kier alpha value is -2.90. The lowest BCUT2D eigenvalue weighted by Crippen LogP contribution is -2.36. The average Bonchev–Trinajstić information content (AvgIpc) is 3.41. The number of rotatable bonds is 4. The molecule has 1 saturated heterocycles. The molecule has 0 spiro atoms. The van der Waals surface area contributed by atoms with E-state index in [2.05, 4.69) is 40.0 Å². The molecule has 3 aromatic heterocycles. The van der Waals surface area contributed by atoms with E-state index in [0.717, 1.165) is 35.6 Å². The summed E-state index contributed by atoms with van der Waals surface area (Å²) >= 11 is 5.94. The maximum absolute atomic E-state index is 5.94. The molecule has 148 valence electrons. The Morgan fingerprint density at radius 1 is 1.10 bits per heavy atom. The van der Waals surface area contributed by atoms with Crippen LogP contribution in [0.15, 0.2) is 47.0 Å². The zero-order valence-electron chi connectivity index (χ0n) is 16.0. The van der Waals surface area contributed by atoms with Crippen LogP contribution < -0.4 is 4.90 Å². The molecule has 8 heteroatoms. The van der Waals surface area contributed by atoms with Crippen molar-refractivity contribution in [2.45, 2.75) is 12.8 Å². The minimum Gasteiger partial charge on any atom is -0.421 e. The van der Waals surface area contributed by atoms with E-state index >= 15 is 0 Å². The van der Waals surface area contributed by atoms with Gasteiger partial charge < -0.3 is 14.1 Å². The molecule has 0 saturated carbocycles. The van der Waals surface area contributed by atoms with Crippen LogP contribution in [0, 0.1) is 6.92 Å². The van der Waals surface area contributed by atoms with Crippen LogP contribution in [0.4, 0.5) is 5.69 Å².